The Kier molecular flexibility index (Phi) is 5.22. The van der Waals surface area contributed by atoms with Gasteiger partial charge in [0, 0.05) is 6.42 Å². The third-order valence-electron chi connectivity index (χ3n) is 1.47. The summed E-state index contributed by atoms with van der Waals surface area (Å²) in [5.74, 6) is 1.10. The zero-order valence-electron chi connectivity index (χ0n) is 6.42. The second-order valence-electron chi connectivity index (χ2n) is 2.37. The van der Waals surface area contributed by atoms with Gasteiger partial charge in [-0.15, -0.1) is 12.3 Å². The minimum Gasteiger partial charge on any atom is -0.481 e. The molecule has 0 spiro atoms. The van der Waals surface area contributed by atoms with Gasteiger partial charge in [0.15, 0.2) is 0 Å². The molecule has 0 saturated carbocycles. The smallest absolute Gasteiger partial charge is 0.307 e. The van der Waals surface area contributed by atoms with Crippen LogP contribution in [-0.4, -0.2) is 17.6 Å². The molecular formula is C8H13NO2. The van der Waals surface area contributed by atoms with E-state index in [-0.39, 0.29) is 0 Å². The molecule has 11 heavy (non-hydrogen) atoms. The summed E-state index contributed by atoms with van der Waals surface area (Å²) in [6.45, 7) is 0.522. The van der Waals surface area contributed by atoms with Crippen molar-refractivity contribution in [1.82, 2.24) is 0 Å². The fourth-order valence-electron chi connectivity index (χ4n) is 0.819. The van der Waals surface area contributed by atoms with Gasteiger partial charge in [-0.25, -0.2) is 0 Å². The first-order valence-corrected chi connectivity index (χ1v) is 3.58. The Labute approximate surface area is 66.6 Å². The van der Waals surface area contributed by atoms with Crippen LogP contribution in [0.15, 0.2) is 0 Å². The van der Waals surface area contributed by atoms with Crippen LogP contribution < -0.4 is 5.73 Å². The highest BCUT2D eigenvalue weighted by Gasteiger charge is 2.14. The average molecular weight is 155 g/mol. The summed E-state index contributed by atoms with van der Waals surface area (Å²) in [5.41, 5.74) is 5.23. The van der Waals surface area contributed by atoms with Crippen molar-refractivity contribution in [3.8, 4) is 12.3 Å². The van der Waals surface area contributed by atoms with Crippen LogP contribution in [-0.2, 0) is 4.79 Å². The molecule has 0 aromatic carbocycles. The van der Waals surface area contributed by atoms with E-state index in [0.717, 1.165) is 6.42 Å². The highest BCUT2D eigenvalue weighted by atomic mass is 16.4. The molecule has 0 fully saturated rings. The maximum atomic E-state index is 10.5. The third kappa shape index (κ3) is 4.40. The van der Waals surface area contributed by atoms with Crippen LogP contribution >= 0.6 is 0 Å². The molecule has 0 aliphatic rings. The standard InChI is InChI=1S/C8H13NO2/c1-2-4-7(8(10)11)5-3-6-9/h1,7H,3-6,9H2,(H,10,11). The summed E-state index contributed by atoms with van der Waals surface area (Å²) in [4.78, 5) is 10.5. The van der Waals surface area contributed by atoms with Crippen LogP contribution in [0.4, 0.5) is 0 Å². The molecule has 0 radical (unpaired) electrons. The molecule has 3 heteroatoms. The Morgan fingerprint density at radius 2 is 2.36 bits per heavy atom. The van der Waals surface area contributed by atoms with Gasteiger partial charge in [-0.3, -0.25) is 4.79 Å². The minimum atomic E-state index is -0.823. The van der Waals surface area contributed by atoms with Crippen molar-refractivity contribution in [2.75, 3.05) is 6.54 Å². The summed E-state index contributed by atoms with van der Waals surface area (Å²) in [7, 11) is 0. The molecule has 0 saturated heterocycles. The molecule has 3 nitrogen and oxygen atoms in total. The van der Waals surface area contributed by atoms with Crippen LogP contribution in [0.1, 0.15) is 19.3 Å². The lowest BCUT2D eigenvalue weighted by Gasteiger charge is -2.06. The Bertz CT molecular complexity index is 160. The van der Waals surface area contributed by atoms with E-state index in [1.54, 1.807) is 0 Å². The first kappa shape index (κ1) is 9.99. The van der Waals surface area contributed by atoms with Crippen LogP contribution in [0.2, 0.25) is 0 Å². The maximum Gasteiger partial charge on any atom is 0.307 e. The number of rotatable bonds is 5. The summed E-state index contributed by atoms with van der Waals surface area (Å²) in [6, 6.07) is 0. The van der Waals surface area contributed by atoms with Gasteiger partial charge in [0.05, 0.1) is 5.92 Å². The quantitative estimate of drug-likeness (QED) is 0.566. The first-order valence-electron chi connectivity index (χ1n) is 3.58. The zero-order chi connectivity index (χ0) is 8.69. The number of carboxylic acid groups (broad SMARTS) is 1. The molecule has 0 rings (SSSR count). The summed E-state index contributed by atoms with van der Waals surface area (Å²) in [5, 5.41) is 8.59. The van der Waals surface area contributed by atoms with Gasteiger partial charge >= 0.3 is 5.97 Å². The van der Waals surface area contributed by atoms with E-state index in [4.69, 9.17) is 17.3 Å². The van der Waals surface area contributed by atoms with E-state index in [1.165, 1.54) is 0 Å². The molecule has 0 aromatic rings. The number of hydrogen-bond donors (Lipinski definition) is 2. The SMILES string of the molecule is C#CCC(CCCN)C(=O)O. The second-order valence-corrected chi connectivity index (χ2v) is 2.37. The van der Waals surface area contributed by atoms with Crippen LogP contribution in [0.3, 0.4) is 0 Å². The highest BCUT2D eigenvalue weighted by Crippen LogP contribution is 2.09. The van der Waals surface area contributed by atoms with Gasteiger partial charge in [0.1, 0.15) is 0 Å². The number of aliphatic carboxylic acids is 1. The number of terminal acetylenes is 1. The molecule has 0 aliphatic carbocycles. The Morgan fingerprint density at radius 3 is 2.73 bits per heavy atom. The summed E-state index contributed by atoms with van der Waals surface area (Å²) < 4.78 is 0. The van der Waals surface area contributed by atoms with Crippen molar-refractivity contribution in [2.45, 2.75) is 19.3 Å². The Hall–Kier alpha value is -1.01. The molecular weight excluding hydrogens is 142 g/mol. The molecule has 3 N–H and O–H groups in total. The zero-order valence-corrected chi connectivity index (χ0v) is 6.42. The van der Waals surface area contributed by atoms with Crippen molar-refractivity contribution in [3.63, 3.8) is 0 Å². The normalized spacial score (nSPS) is 12.0. The van der Waals surface area contributed by atoms with Crippen molar-refractivity contribution < 1.29 is 9.90 Å². The predicted octanol–water partition coefficient (Wildman–Crippen LogP) is 0.449. The third-order valence-corrected chi connectivity index (χ3v) is 1.47. The lowest BCUT2D eigenvalue weighted by Crippen LogP contribution is -2.14. The summed E-state index contributed by atoms with van der Waals surface area (Å²) in [6.07, 6.45) is 6.60. The van der Waals surface area contributed by atoms with E-state index in [1.807, 2.05) is 0 Å². The lowest BCUT2D eigenvalue weighted by atomic mass is 10.0. The van der Waals surface area contributed by atoms with Crippen LogP contribution in [0, 0.1) is 18.3 Å². The fourth-order valence-corrected chi connectivity index (χ4v) is 0.819. The molecule has 62 valence electrons. The first-order chi connectivity index (χ1) is 5.22. The van der Waals surface area contributed by atoms with Crippen molar-refractivity contribution in [1.29, 1.82) is 0 Å². The molecule has 0 aliphatic heterocycles. The number of carboxylic acids is 1. The topological polar surface area (TPSA) is 63.3 Å². The van der Waals surface area contributed by atoms with Crippen molar-refractivity contribution in [2.24, 2.45) is 11.7 Å². The average Bonchev–Trinajstić information content (AvgIpc) is 1.97. The van der Waals surface area contributed by atoms with Gasteiger partial charge in [-0.1, -0.05) is 0 Å². The van der Waals surface area contributed by atoms with E-state index in [9.17, 15) is 4.79 Å². The van der Waals surface area contributed by atoms with E-state index in [2.05, 4.69) is 5.92 Å². The highest BCUT2D eigenvalue weighted by molar-refractivity contribution is 5.70. The Morgan fingerprint density at radius 1 is 1.73 bits per heavy atom. The predicted molar refractivity (Wildman–Crippen MR) is 42.9 cm³/mol. The largest absolute Gasteiger partial charge is 0.481 e. The van der Waals surface area contributed by atoms with E-state index in [0.29, 0.717) is 19.4 Å². The van der Waals surface area contributed by atoms with Gasteiger partial charge < -0.3 is 10.8 Å². The van der Waals surface area contributed by atoms with Crippen molar-refractivity contribution in [3.05, 3.63) is 0 Å². The molecule has 1 unspecified atom stereocenters. The number of carbonyl (C=O) groups is 1. The Balaban J connectivity index is 3.72. The lowest BCUT2D eigenvalue weighted by molar-refractivity contribution is -0.141. The number of nitrogens with two attached hydrogens (primary N) is 1. The van der Waals surface area contributed by atoms with Gasteiger partial charge in [0.25, 0.3) is 0 Å². The maximum absolute atomic E-state index is 10.5. The van der Waals surface area contributed by atoms with Crippen molar-refractivity contribution >= 4 is 5.97 Å². The van der Waals surface area contributed by atoms with Gasteiger partial charge in [-0.05, 0) is 19.4 Å². The minimum absolute atomic E-state index is 0.301. The van der Waals surface area contributed by atoms with Gasteiger partial charge in [-0.2, -0.15) is 0 Å². The van der Waals surface area contributed by atoms with E-state index >= 15 is 0 Å². The number of hydrogen-bond acceptors (Lipinski definition) is 2. The van der Waals surface area contributed by atoms with Crippen LogP contribution in [0.5, 0.6) is 0 Å². The molecule has 0 heterocycles. The molecule has 0 bridgehead atoms. The second kappa shape index (κ2) is 5.75. The monoisotopic (exact) mass is 155 g/mol. The molecule has 1 atom stereocenters. The van der Waals surface area contributed by atoms with Gasteiger partial charge in [0.2, 0.25) is 0 Å². The fraction of sp³-hybridized carbons (Fsp3) is 0.625. The van der Waals surface area contributed by atoms with E-state index < -0.39 is 11.9 Å². The molecule has 0 amide bonds. The van der Waals surface area contributed by atoms with Crippen LogP contribution in [0.25, 0.3) is 0 Å². The molecule has 0 aromatic heterocycles. The summed E-state index contributed by atoms with van der Waals surface area (Å²) >= 11 is 0.